The molecule has 2 aromatic rings. The van der Waals surface area contributed by atoms with Gasteiger partial charge in [0.05, 0.1) is 4.92 Å². The summed E-state index contributed by atoms with van der Waals surface area (Å²) in [6, 6.07) is 4.53. The molecule has 0 saturated heterocycles. The molecular weight excluding hydrogens is 282 g/mol. The van der Waals surface area contributed by atoms with Crippen molar-refractivity contribution in [3.63, 3.8) is 0 Å². The Balaban J connectivity index is 2.23. The molecule has 110 valence electrons. The molecule has 0 aliphatic carbocycles. The van der Waals surface area contributed by atoms with Crippen molar-refractivity contribution in [3.05, 3.63) is 39.8 Å². The SMILES string of the molecule is Cc1ccc([N+](=O)[O-])c(-c2nnc(COCC(=O)O)o2)c1. The van der Waals surface area contributed by atoms with Gasteiger partial charge in [-0.3, -0.25) is 10.1 Å². The van der Waals surface area contributed by atoms with E-state index in [1.54, 1.807) is 19.1 Å². The van der Waals surface area contributed by atoms with Gasteiger partial charge in [0, 0.05) is 6.07 Å². The molecule has 9 nitrogen and oxygen atoms in total. The fourth-order valence-corrected chi connectivity index (χ4v) is 1.63. The minimum Gasteiger partial charge on any atom is -0.480 e. The molecule has 0 radical (unpaired) electrons. The third kappa shape index (κ3) is 3.60. The van der Waals surface area contributed by atoms with Crippen LogP contribution in [0.3, 0.4) is 0 Å². The van der Waals surface area contributed by atoms with Crippen LogP contribution in [0.5, 0.6) is 0 Å². The van der Waals surface area contributed by atoms with E-state index in [1.165, 1.54) is 6.07 Å². The van der Waals surface area contributed by atoms with Crippen LogP contribution in [-0.2, 0) is 16.1 Å². The summed E-state index contributed by atoms with van der Waals surface area (Å²) in [5.74, 6) is -1.09. The van der Waals surface area contributed by atoms with Gasteiger partial charge >= 0.3 is 5.97 Å². The molecule has 0 fully saturated rings. The van der Waals surface area contributed by atoms with E-state index in [0.29, 0.717) is 0 Å². The van der Waals surface area contributed by atoms with Crippen molar-refractivity contribution < 1.29 is 24.0 Å². The minimum atomic E-state index is -1.12. The highest BCUT2D eigenvalue weighted by molar-refractivity contribution is 5.68. The van der Waals surface area contributed by atoms with Crippen molar-refractivity contribution in [2.75, 3.05) is 6.61 Å². The first-order chi connectivity index (χ1) is 9.97. The zero-order valence-corrected chi connectivity index (χ0v) is 11.0. The van der Waals surface area contributed by atoms with E-state index in [2.05, 4.69) is 10.2 Å². The van der Waals surface area contributed by atoms with E-state index >= 15 is 0 Å². The third-order valence-electron chi connectivity index (χ3n) is 2.50. The van der Waals surface area contributed by atoms with Crippen LogP contribution in [0.25, 0.3) is 11.5 Å². The van der Waals surface area contributed by atoms with Crippen molar-refractivity contribution in [1.29, 1.82) is 0 Å². The van der Waals surface area contributed by atoms with Crippen molar-refractivity contribution in [2.45, 2.75) is 13.5 Å². The second-order valence-electron chi connectivity index (χ2n) is 4.17. The predicted octanol–water partition coefficient (Wildman–Crippen LogP) is 1.55. The van der Waals surface area contributed by atoms with Gasteiger partial charge < -0.3 is 14.3 Å². The first-order valence-corrected chi connectivity index (χ1v) is 5.84. The van der Waals surface area contributed by atoms with Crippen LogP contribution in [0.15, 0.2) is 22.6 Å². The van der Waals surface area contributed by atoms with E-state index < -0.39 is 17.5 Å². The summed E-state index contributed by atoms with van der Waals surface area (Å²) in [7, 11) is 0. The van der Waals surface area contributed by atoms with E-state index in [-0.39, 0.29) is 29.6 Å². The number of hydrogen-bond donors (Lipinski definition) is 1. The summed E-state index contributed by atoms with van der Waals surface area (Å²) in [6.07, 6.45) is 0. The Morgan fingerprint density at radius 1 is 1.48 bits per heavy atom. The monoisotopic (exact) mass is 293 g/mol. The second-order valence-corrected chi connectivity index (χ2v) is 4.17. The molecule has 1 aromatic heterocycles. The van der Waals surface area contributed by atoms with Crippen molar-refractivity contribution >= 4 is 11.7 Å². The van der Waals surface area contributed by atoms with Gasteiger partial charge in [-0.2, -0.15) is 0 Å². The van der Waals surface area contributed by atoms with E-state index in [9.17, 15) is 14.9 Å². The van der Waals surface area contributed by atoms with Gasteiger partial charge in [-0.25, -0.2) is 4.79 Å². The van der Waals surface area contributed by atoms with Gasteiger partial charge in [0.1, 0.15) is 18.8 Å². The Bertz CT molecular complexity index is 681. The summed E-state index contributed by atoms with van der Waals surface area (Å²) in [4.78, 5) is 20.8. The van der Waals surface area contributed by atoms with Crippen LogP contribution in [0.2, 0.25) is 0 Å². The average Bonchev–Trinajstić information content (AvgIpc) is 2.86. The Morgan fingerprint density at radius 2 is 2.24 bits per heavy atom. The maximum atomic E-state index is 11.0. The number of aromatic nitrogens is 2. The Hall–Kier alpha value is -2.81. The molecule has 0 bridgehead atoms. The molecule has 21 heavy (non-hydrogen) atoms. The summed E-state index contributed by atoms with van der Waals surface area (Å²) in [5, 5.41) is 26.8. The van der Waals surface area contributed by atoms with Gasteiger partial charge in [-0.15, -0.1) is 10.2 Å². The highest BCUT2D eigenvalue weighted by Crippen LogP contribution is 2.29. The number of aliphatic carboxylic acids is 1. The van der Waals surface area contributed by atoms with E-state index in [4.69, 9.17) is 14.3 Å². The highest BCUT2D eigenvalue weighted by atomic mass is 16.6. The molecule has 0 unspecified atom stereocenters. The fourth-order valence-electron chi connectivity index (χ4n) is 1.63. The van der Waals surface area contributed by atoms with Crippen LogP contribution in [0.4, 0.5) is 5.69 Å². The predicted molar refractivity (Wildman–Crippen MR) is 68.4 cm³/mol. The maximum absolute atomic E-state index is 11.0. The van der Waals surface area contributed by atoms with Crippen LogP contribution in [0.1, 0.15) is 11.5 Å². The molecule has 0 aliphatic rings. The number of ether oxygens (including phenoxy) is 1. The van der Waals surface area contributed by atoms with E-state index in [1.807, 2.05) is 0 Å². The van der Waals surface area contributed by atoms with Gasteiger partial charge in [0.2, 0.25) is 5.89 Å². The molecular formula is C12H11N3O6. The Morgan fingerprint density at radius 3 is 2.90 bits per heavy atom. The molecule has 0 saturated carbocycles. The third-order valence-corrected chi connectivity index (χ3v) is 2.50. The lowest BCUT2D eigenvalue weighted by atomic mass is 10.1. The number of carboxylic acids is 1. The lowest BCUT2D eigenvalue weighted by Gasteiger charge is -1.99. The number of hydrogen-bond acceptors (Lipinski definition) is 7. The quantitative estimate of drug-likeness (QED) is 0.627. The van der Waals surface area contributed by atoms with Crippen LogP contribution in [-0.4, -0.2) is 32.8 Å². The minimum absolute atomic E-state index is 0.0145. The van der Waals surface area contributed by atoms with Crippen LogP contribution < -0.4 is 0 Å². The van der Waals surface area contributed by atoms with Crippen LogP contribution >= 0.6 is 0 Å². The molecule has 1 aromatic carbocycles. The number of nitro benzene ring substituents is 1. The normalized spacial score (nSPS) is 10.5. The molecule has 0 amide bonds. The van der Waals surface area contributed by atoms with Crippen LogP contribution in [0, 0.1) is 17.0 Å². The number of aryl methyl sites for hydroxylation is 1. The second kappa shape index (κ2) is 6.09. The summed E-state index contributed by atoms with van der Waals surface area (Å²) >= 11 is 0. The molecule has 9 heteroatoms. The van der Waals surface area contributed by atoms with Crippen molar-refractivity contribution in [3.8, 4) is 11.5 Å². The smallest absolute Gasteiger partial charge is 0.329 e. The van der Waals surface area contributed by atoms with Crippen molar-refractivity contribution in [2.24, 2.45) is 0 Å². The molecule has 1 N–H and O–H groups in total. The number of rotatable bonds is 6. The molecule has 1 heterocycles. The number of carboxylic acid groups (broad SMARTS) is 1. The lowest BCUT2D eigenvalue weighted by molar-refractivity contribution is -0.384. The Kier molecular flexibility index (Phi) is 4.24. The summed E-state index contributed by atoms with van der Waals surface area (Å²) < 4.78 is 10.1. The molecule has 0 aliphatic heterocycles. The van der Waals surface area contributed by atoms with Gasteiger partial charge in [0.15, 0.2) is 0 Å². The number of nitrogens with zero attached hydrogens (tertiary/aromatic N) is 3. The largest absolute Gasteiger partial charge is 0.480 e. The number of benzene rings is 1. The number of nitro groups is 1. The lowest BCUT2D eigenvalue weighted by Crippen LogP contribution is -2.06. The molecule has 0 spiro atoms. The Labute approximate surface area is 118 Å². The first kappa shape index (κ1) is 14.6. The standard InChI is InChI=1S/C12H11N3O6/c1-7-2-3-9(15(18)19)8(4-7)12-14-13-10(21-12)5-20-6-11(16)17/h2-4H,5-6H2,1H3,(H,16,17). The topological polar surface area (TPSA) is 129 Å². The summed E-state index contributed by atoms with van der Waals surface area (Å²) in [5.41, 5.74) is 0.858. The number of carbonyl (C=O) groups is 1. The molecule has 0 atom stereocenters. The maximum Gasteiger partial charge on any atom is 0.329 e. The van der Waals surface area contributed by atoms with E-state index in [0.717, 1.165) is 5.56 Å². The average molecular weight is 293 g/mol. The van der Waals surface area contributed by atoms with Crippen molar-refractivity contribution in [1.82, 2.24) is 10.2 Å². The summed E-state index contributed by atoms with van der Waals surface area (Å²) in [6.45, 7) is 1.10. The van der Waals surface area contributed by atoms with Gasteiger partial charge in [0.25, 0.3) is 11.6 Å². The fraction of sp³-hybridized carbons (Fsp3) is 0.250. The first-order valence-electron chi connectivity index (χ1n) is 5.84. The highest BCUT2D eigenvalue weighted by Gasteiger charge is 2.20. The molecule has 2 rings (SSSR count). The zero-order chi connectivity index (χ0) is 15.4. The van der Waals surface area contributed by atoms with Gasteiger partial charge in [-0.1, -0.05) is 6.07 Å². The van der Waals surface area contributed by atoms with Gasteiger partial charge in [-0.05, 0) is 18.6 Å². The zero-order valence-electron chi connectivity index (χ0n) is 11.0.